The molecule has 2 aromatic heterocycles. The summed E-state index contributed by atoms with van der Waals surface area (Å²) in [5, 5.41) is 14.0. The van der Waals surface area contributed by atoms with Crippen LogP contribution in [0.15, 0.2) is 73.2 Å². The normalized spacial score (nSPS) is 14.6. The van der Waals surface area contributed by atoms with Gasteiger partial charge >= 0.3 is 200 Å². The molecule has 0 atom stereocenters. The molecule has 1 radical (unpaired) electrons. The van der Waals surface area contributed by atoms with Crippen molar-refractivity contribution in [2.45, 2.75) is 19.8 Å². The Morgan fingerprint density at radius 2 is 1.97 bits per heavy atom. The van der Waals surface area contributed by atoms with E-state index >= 15 is 0 Å². The molecule has 1 aliphatic rings. The number of aryl methyl sites for hydroxylation is 1. The van der Waals surface area contributed by atoms with Crippen LogP contribution in [-0.4, -0.2) is 49.7 Å². The average molecular weight is 536 g/mol. The van der Waals surface area contributed by atoms with E-state index in [4.69, 9.17) is 0 Å². The number of allylic oxidation sites excluding steroid dienone is 1. The van der Waals surface area contributed by atoms with E-state index < -0.39 is 0 Å². The average Bonchev–Trinajstić information content (AvgIpc) is 3.40. The number of nitrogens with one attached hydrogen (secondary N) is 2. The van der Waals surface area contributed by atoms with Gasteiger partial charge in [-0.25, -0.2) is 0 Å². The van der Waals surface area contributed by atoms with Gasteiger partial charge < -0.3 is 0 Å². The predicted octanol–water partition coefficient (Wildman–Crippen LogP) is 4.36. The zero-order valence-electron chi connectivity index (χ0n) is 20.1. The van der Waals surface area contributed by atoms with Crippen LogP contribution in [-0.2, 0) is 0 Å². The number of likely N-dealkylation sites (tertiary alicyclic amines) is 1. The van der Waals surface area contributed by atoms with Gasteiger partial charge in [-0.3, -0.25) is 0 Å². The summed E-state index contributed by atoms with van der Waals surface area (Å²) in [5.41, 5.74) is 4.89. The summed E-state index contributed by atoms with van der Waals surface area (Å²) in [6, 6.07) is 18.3. The molecule has 0 spiro atoms. The van der Waals surface area contributed by atoms with Gasteiger partial charge in [0.15, 0.2) is 0 Å². The summed E-state index contributed by atoms with van der Waals surface area (Å²) in [7, 11) is 0. The Bertz CT molecular complexity index is 1450. The van der Waals surface area contributed by atoms with Crippen LogP contribution in [0.25, 0.3) is 17.0 Å². The van der Waals surface area contributed by atoms with Gasteiger partial charge in [-0.2, -0.15) is 0 Å². The number of benzene rings is 2. The van der Waals surface area contributed by atoms with E-state index in [2.05, 4.69) is 58.6 Å². The third-order valence-corrected chi connectivity index (χ3v) is 9.71. The van der Waals surface area contributed by atoms with Gasteiger partial charge in [-0.1, -0.05) is 18.2 Å². The molecular weight excluding hydrogens is 509 g/mol. The number of urea groups is 1. The van der Waals surface area contributed by atoms with Crippen LogP contribution in [0.1, 0.15) is 29.5 Å². The van der Waals surface area contributed by atoms with Gasteiger partial charge in [0.2, 0.25) is 0 Å². The van der Waals surface area contributed by atoms with E-state index in [-0.39, 0.29) is 21.8 Å². The number of carbonyl (C=O) groups is 1. The van der Waals surface area contributed by atoms with Crippen LogP contribution >= 0.6 is 0 Å². The van der Waals surface area contributed by atoms with Gasteiger partial charge in [0.25, 0.3) is 0 Å². The number of hydrogen-bond donors (Lipinski definition) is 2. The van der Waals surface area contributed by atoms with Crippen LogP contribution in [0, 0.1) is 24.2 Å². The van der Waals surface area contributed by atoms with Crippen molar-refractivity contribution in [1.29, 1.82) is 5.26 Å². The van der Waals surface area contributed by atoms with Gasteiger partial charge in [0.05, 0.1) is 0 Å². The number of aromatic amines is 1. The zero-order chi connectivity index (χ0) is 24.9. The monoisotopic (exact) mass is 536 g/mol. The second-order valence-electron chi connectivity index (χ2n) is 8.98. The number of aromatic nitrogens is 2. The first-order valence-corrected chi connectivity index (χ1v) is 14.0. The SMILES string of the molecule is Cc1c([As]c2c(C#N)cncc2/C=C/C2CCN(C(=O)Nc3ccccc3)CC2)ccc2[nH]ccc12. The molecule has 6 nitrogen and oxygen atoms in total. The van der Waals surface area contributed by atoms with Crippen LogP contribution in [0.5, 0.6) is 0 Å². The summed E-state index contributed by atoms with van der Waals surface area (Å²) in [5.74, 6) is 0.388. The van der Waals surface area contributed by atoms with E-state index in [1.165, 1.54) is 15.3 Å². The minimum absolute atomic E-state index is 0.0457. The molecule has 36 heavy (non-hydrogen) atoms. The number of carbonyl (C=O) groups excluding carboxylic acids is 1. The van der Waals surface area contributed by atoms with Crippen molar-refractivity contribution in [1.82, 2.24) is 14.9 Å². The number of amides is 2. The molecule has 2 amide bonds. The van der Waals surface area contributed by atoms with Crippen LogP contribution in [0.4, 0.5) is 10.5 Å². The Balaban J connectivity index is 1.28. The molecule has 1 aliphatic heterocycles. The van der Waals surface area contributed by atoms with Crippen LogP contribution < -0.4 is 14.0 Å². The number of H-pyrrole nitrogens is 1. The topological polar surface area (TPSA) is 84.8 Å². The number of piperidine rings is 1. The number of anilines is 1. The number of fused-ring (bicyclic) bond motifs is 1. The van der Waals surface area contributed by atoms with E-state index in [1.807, 2.05) is 47.6 Å². The zero-order valence-corrected chi connectivity index (χ0v) is 22.0. The molecule has 4 aromatic rings. The standard InChI is InChI=1S/C29H27AsN5O/c1-20-25-11-14-33-27(25)10-9-26(20)30-28-22(18-32-19-23(28)17-31)8-7-21-12-15-35(16-13-21)29(36)34-24-5-3-2-4-6-24/h2-11,14,18-19,21,33H,12-13,15-16H2,1H3,(H,34,36)/b8-7+. The summed E-state index contributed by atoms with van der Waals surface area (Å²) in [6.45, 7) is 3.60. The summed E-state index contributed by atoms with van der Waals surface area (Å²) >= 11 is -0.377. The summed E-state index contributed by atoms with van der Waals surface area (Å²) in [4.78, 5) is 22.1. The maximum atomic E-state index is 12.6. The van der Waals surface area contributed by atoms with Crippen molar-refractivity contribution in [3.05, 3.63) is 89.9 Å². The molecule has 3 heterocycles. The quantitative estimate of drug-likeness (QED) is 0.372. The molecule has 0 unspecified atom stereocenters. The first-order valence-electron chi connectivity index (χ1n) is 12.1. The third-order valence-electron chi connectivity index (χ3n) is 6.67. The van der Waals surface area contributed by atoms with Crippen molar-refractivity contribution in [3.63, 3.8) is 0 Å². The fourth-order valence-corrected chi connectivity index (χ4v) is 7.02. The Morgan fingerprint density at radius 1 is 1.17 bits per heavy atom. The van der Waals surface area contributed by atoms with E-state index in [0.29, 0.717) is 11.5 Å². The van der Waals surface area contributed by atoms with Crippen LogP contribution in [0.3, 0.4) is 0 Å². The van der Waals surface area contributed by atoms with Gasteiger partial charge in [-0.05, 0) is 0 Å². The third kappa shape index (κ3) is 5.22. The molecule has 1 fully saturated rings. The molecule has 179 valence electrons. The molecule has 5 rings (SSSR count). The Kier molecular flexibility index (Phi) is 7.20. The number of rotatable bonds is 5. The molecule has 0 saturated carbocycles. The molecule has 0 aliphatic carbocycles. The molecular formula is C29H27AsN5O. The van der Waals surface area contributed by atoms with E-state index in [0.717, 1.165) is 47.0 Å². The minimum atomic E-state index is -0.377. The van der Waals surface area contributed by atoms with Crippen molar-refractivity contribution >= 4 is 53.2 Å². The van der Waals surface area contributed by atoms with E-state index in [9.17, 15) is 10.1 Å². The van der Waals surface area contributed by atoms with Gasteiger partial charge in [0, 0.05) is 0 Å². The molecule has 2 N–H and O–H groups in total. The van der Waals surface area contributed by atoms with Gasteiger partial charge in [-0.15, -0.1) is 0 Å². The first kappa shape index (κ1) is 23.9. The number of hydrogen-bond acceptors (Lipinski definition) is 3. The molecule has 7 heteroatoms. The number of nitriles is 1. The van der Waals surface area contributed by atoms with Crippen molar-refractivity contribution in [2.24, 2.45) is 5.92 Å². The fourth-order valence-electron chi connectivity index (χ4n) is 4.57. The molecule has 2 aromatic carbocycles. The fraction of sp³-hybridized carbons (Fsp3) is 0.207. The second-order valence-corrected chi connectivity index (χ2v) is 11.4. The summed E-state index contributed by atoms with van der Waals surface area (Å²) in [6.07, 6.45) is 11.7. The van der Waals surface area contributed by atoms with Crippen molar-refractivity contribution < 1.29 is 4.79 Å². The Labute approximate surface area is 217 Å². The maximum absolute atomic E-state index is 12.6. The number of para-hydroxylation sites is 1. The van der Waals surface area contributed by atoms with E-state index in [1.54, 1.807) is 6.20 Å². The van der Waals surface area contributed by atoms with Gasteiger partial charge in [0.1, 0.15) is 0 Å². The predicted molar refractivity (Wildman–Crippen MR) is 146 cm³/mol. The molecule has 0 bridgehead atoms. The Hall–Kier alpha value is -3.81. The van der Waals surface area contributed by atoms with Crippen molar-refractivity contribution in [2.75, 3.05) is 18.4 Å². The second kappa shape index (κ2) is 10.8. The molecule has 1 saturated heterocycles. The Morgan fingerprint density at radius 3 is 2.75 bits per heavy atom. The van der Waals surface area contributed by atoms with Crippen LogP contribution in [0.2, 0.25) is 0 Å². The number of nitrogens with zero attached hydrogens (tertiary/aromatic N) is 3. The summed E-state index contributed by atoms with van der Waals surface area (Å²) < 4.78 is 2.39. The van der Waals surface area contributed by atoms with Crippen molar-refractivity contribution in [3.8, 4) is 6.07 Å². The first-order chi connectivity index (χ1) is 17.6. The number of pyridine rings is 1.